The lowest BCUT2D eigenvalue weighted by molar-refractivity contribution is 0.111. The van der Waals surface area contributed by atoms with Gasteiger partial charge in [0.25, 0.3) is 0 Å². The third-order valence-electron chi connectivity index (χ3n) is 2.96. The van der Waals surface area contributed by atoms with Crippen LogP contribution < -0.4 is 14.2 Å². The molecule has 0 amide bonds. The molecule has 0 saturated heterocycles. The summed E-state index contributed by atoms with van der Waals surface area (Å²) in [5.41, 5.74) is 0.767. The van der Waals surface area contributed by atoms with E-state index in [4.69, 9.17) is 14.2 Å². The van der Waals surface area contributed by atoms with E-state index in [1.807, 2.05) is 6.07 Å². The molecule has 4 nitrogen and oxygen atoms in total. The van der Waals surface area contributed by atoms with E-state index in [1.54, 1.807) is 18.2 Å². The Morgan fingerprint density at radius 1 is 1.20 bits per heavy atom. The summed E-state index contributed by atoms with van der Waals surface area (Å²) >= 11 is 0. The van der Waals surface area contributed by atoms with Crippen LogP contribution in [0.4, 0.5) is 4.39 Å². The van der Waals surface area contributed by atoms with Gasteiger partial charge >= 0.3 is 0 Å². The molecule has 0 aliphatic carbocycles. The summed E-state index contributed by atoms with van der Waals surface area (Å²) in [7, 11) is 0. The van der Waals surface area contributed by atoms with E-state index in [2.05, 4.69) is 0 Å². The molecule has 20 heavy (non-hydrogen) atoms. The second-order valence-electron chi connectivity index (χ2n) is 4.25. The molecule has 102 valence electrons. The van der Waals surface area contributed by atoms with Crippen molar-refractivity contribution in [2.24, 2.45) is 0 Å². The molecular weight excluding hydrogens is 263 g/mol. The van der Waals surface area contributed by atoms with Crippen molar-refractivity contribution in [3.63, 3.8) is 0 Å². The zero-order valence-corrected chi connectivity index (χ0v) is 10.5. The van der Waals surface area contributed by atoms with Crippen molar-refractivity contribution >= 4 is 6.29 Å². The molecule has 0 saturated carbocycles. The van der Waals surface area contributed by atoms with Crippen LogP contribution in [0.1, 0.15) is 15.9 Å². The van der Waals surface area contributed by atoms with E-state index < -0.39 is 5.82 Å². The van der Waals surface area contributed by atoms with Gasteiger partial charge in [-0.2, -0.15) is 0 Å². The molecule has 0 aromatic heterocycles. The number of halogens is 1. The minimum absolute atomic E-state index is 0.0757. The fraction of sp³-hybridized carbons (Fsp3) is 0.133. The Kier molecular flexibility index (Phi) is 3.25. The SMILES string of the molecule is O=Cc1c(F)cccc1OCc1ccc2c(c1)OCO2. The fourth-order valence-electron chi connectivity index (χ4n) is 1.95. The summed E-state index contributed by atoms with van der Waals surface area (Å²) in [6.07, 6.45) is 0.449. The minimum atomic E-state index is -0.594. The Morgan fingerprint density at radius 2 is 2.05 bits per heavy atom. The number of hydrogen-bond acceptors (Lipinski definition) is 4. The first-order valence-electron chi connectivity index (χ1n) is 6.03. The number of fused-ring (bicyclic) bond motifs is 1. The molecule has 1 heterocycles. The van der Waals surface area contributed by atoms with Gasteiger partial charge in [0.05, 0.1) is 5.56 Å². The Balaban J connectivity index is 1.77. The molecule has 3 rings (SSSR count). The van der Waals surface area contributed by atoms with Gasteiger partial charge in [-0.25, -0.2) is 4.39 Å². The number of carbonyl (C=O) groups excluding carboxylic acids is 1. The second-order valence-corrected chi connectivity index (χ2v) is 4.25. The highest BCUT2D eigenvalue weighted by Crippen LogP contribution is 2.33. The smallest absolute Gasteiger partial charge is 0.231 e. The van der Waals surface area contributed by atoms with E-state index in [1.165, 1.54) is 12.1 Å². The number of benzene rings is 2. The van der Waals surface area contributed by atoms with Crippen LogP contribution in [0.2, 0.25) is 0 Å². The molecule has 2 aromatic carbocycles. The van der Waals surface area contributed by atoms with Crippen molar-refractivity contribution in [3.8, 4) is 17.2 Å². The highest BCUT2D eigenvalue weighted by Gasteiger charge is 2.14. The zero-order valence-electron chi connectivity index (χ0n) is 10.5. The van der Waals surface area contributed by atoms with Crippen LogP contribution in [-0.2, 0) is 6.61 Å². The van der Waals surface area contributed by atoms with Gasteiger partial charge in [0.1, 0.15) is 18.2 Å². The molecule has 2 aromatic rings. The number of ether oxygens (including phenoxy) is 3. The van der Waals surface area contributed by atoms with Crippen LogP contribution in [0.5, 0.6) is 17.2 Å². The van der Waals surface area contributed by atoms with Crippen LogP contribution >= 0.6 is 0 Å². The van der Waals surface area contributed by atoms with Crippen molar-refractivity contribution in [1.82, 2.24) is 0 Å². The fourth-order valence-corrected chi connectivity index (χ4v) is 1.95. The lowest BCUT2D eigenvalue weighted by Crippen LogP contribution is -2.00. The van der Waals surface area contributed by atoms with Crippen LogP contribution in [0.3, 0.4) is 0 Å². The van der Waals surface area contributed by atoms with Crippen LogP contribution in [0.25, 0.3) is 0 Å². The van der Waals surface area contributed by atoms with E-state index in [9.17, 15) is 9.18 Å². The van der Waals surface area contributed by atoms with Gasteiger partial charge in [-0.3, -0.25) is 4.79 Å². The molecule has 0 atom stereocenters. The lowest BCUT2D eigenvalue weighted by Gasteiger charge is -2.09. The number of hydrogen-bond donors (Lipinski definition) is 0. The predicted octanol–water partition coefficient (Wildman–Crippen LogP) is 2.95. The molecule has 1 aliphatic heterocycles. The number of rotatable bonds is 4. The van der Waals surface area contributed by atoms with Crippen LogP contribution in [-0.4, -0.2) is 13.1 Å². The zero-order chi connectivity index (χ0) is 13.9. The van der Waals surface area contributed by atoms with Crippen molar-refractivity contribution in [2.45, 2.75) is 6.61 Å². The Labute approximate surface area is 114 Å². The van der Waals surface area contributed by atoms with Crippen LogP contribution in [0, 0.1) is 5.82 Å². The van der Waals surface area contributed by atoms with Gasteiger partial charge in [-0.1, -0.05) is 12.1 Å². The topological polar surface area (TPSA) is 44.8 Å². The van der Waals surface area contributed by atoms with E-state index in [0.29, 0.717) is 17.8 Å². The molecule has 0 unspecified atom stereocenters. The third-order valence-corrected chi connectivity index (χ3v) is 2.96. The molecule has 5 heteroatoms. The largest absolute Gasteiger partial charge is 0.488 e. The lowest BCUT2D eigenvalue weighted by atomic mass is 10.2. The summed E-state index contributed by atoms with van der Waals surface area (Å²) < 4.78 is 29.4. The first kappa shape index (κ1) is 12.5. The molecule has 0 radical (unpaired) electrons. The summed E-state index contributed by atoms with van der Waals surface area (Å²) in [5, 5.41) is 0. The maximum atomic E-state index is 13.4. The van der Waals surface area contributed by atoms with Gasteiger partial charge in [-0.15, -0.1) is 0 Å². The second kappa shape index (κ2) is 5.21. The monoisotopic (exact) mass is 274 g/mol. The van der Waals surface area contributed by atoms with Crippen molar-refractivity contribution in [1.29, 1.82) is 0 Å². The Bertz CT molecular complexity index is 654. The van der Waals surface area contributed by atoms with Crippen LogP contribution in [0.15, 0.2) is 36.4 Å². The summed E-state index contributed by atoms with van der Waals surface area (Å²) in [5.74, 6) is 0.967. The van der Waals surface area contributed by atoms with Crippen molar-refractivity contribution in [3.05, 3.63) is 53.3 Å². The van der Waals surface area contributed by atoms with E-state index in [0.717, 1.165) is 5.56 Å². The molecule has 0 fully saturated rings. The van der Waals surface area contributed by atoms with Gasteiger partial charge in [0, 0.05) is 0 Å². The molecular formula is C15H11FO4. The van der Waals surface area contributed by atoms with Crippen molar-refractivity contribution < 1.29 is 23.4 Å². The summed E-state index contributed by atoms with van der Waals surface area (Å²) in [6, 6.07) is 9.68. The maximum absolute atomic E-state index is 13.4. The highest BCUT2D eigenvalue weighted by atomic mass is 19.1. The summed E-state index contributed by atoms with van der Waals surface area (Å²) in [4.78, 5) is 10.9. The molecule has 1 aliphatic rings. The normalized spacial score (nSPS) is 12.2. The highest BCUT2D eigenvalue weighted by molar-refractivity contribution is 5.79. The number of aldehydes is 1. The average Bonchev–Trinajstić information content (AvgIpc) is 2.92. The third kappa shape index (κ3) is 2.30. The average molecular weight is 274 g/mol. The molecule has 0 N–H and O–H groups in total. The maximum Gasteiger partial charge on any atom is 0.231 e. The van der Waals surface area contributed by atoms with Gasteiger partial charge in [0.2, 0.25) is 6.79 Å². The first-order valence-corrected chi connectivity index (χ1v) is 6.03. The predicted molar refractivity (Wildman–Crippen MR) is 68.7 cm³/mol. The number of carbonyl (C=O) groups is 1. The van der Waals surface area contributed by atoms with Gasteiger partial charge in [-0.05, 0) is 29.8 Å². The van der Waals surface area contributed by atoms with E-state index >= 15 is 0 Å². The standard InChI is InChI=1S/C15H11FO4/c16-12-2-1-3-13(11(12)7-17)18-8-10-4-5-14-15(6-10)20-9-19-14/h1-7H,8-9H2. The molecule has 0 spiro atoms. The minimum Gasteiger partial charge on any atom is -0.488 e. The van der Waals surface area contributed by atoms with E-state index in [-0.39, 0.29) is 24.7 Å². The van der Waals surface area contributed by atoms with Gasteiger partial charge < -0.3 is 14.2 Å². The van der Waals surface area contributed by atoms with Crippen molar-refractivity contribution in [2.75, 3.05) is 6.79 Å². The first-order chi connectivity index (χ1) is 9.78. The van der Waals surface area contributed by atoms with Gasteiger partial charge in [0.15, 0.2) is 17.8 Å². The Morgan fingerprint density at radius 3 is 2.90 bits per heavy atom. The summed E-state index contributed by atoms with van der Waals surface area (Å²) in [6.45, 7) is 0.416. The molecule has 0 bridgehead atoms. The Hall–Kier alpha value is -2.56. The quantitative estimate of drug-likeness (QED) is 0.804.